The maximum Gasteiger partial charge on any atom is 0.430 e. The topological polar surface area (TPSA) is 56.7 Å². The molecule has 2 unspecified atom stereocenters. The lowest BCUT2D eigenvalue weighted by atomic mass is 9.90. The van der Waals surface area contributed by atoms with E-state index in [0.29, 0.717) is 35.4 Å². The Labute approximate surface area is 227 Å². The molecule has 11 heteroatoms. The molecule has 5 rings (SSSR count). The second kappa shape index (κ2) is 10.2. The molecular weight excluding hydrogens is 536 g/mol. The van der Waals surface area contributed by atoms with Gasteiger partial charge < -0.3 is 10.0 Å². The smallest absolute Gasteiger partial charge is 0.369 e. The third-order valence-corrected chi connectivity index (χ3v) is 7.85. The van der Waals surface area contributed by atoms with Crippen LogP contribution in [0.5, 0.6) is 0 Å². The molecule has 0 spiro atoms. The molecule has 2 bridgehead atoms. The van der Waals surface area contributed by atoms with Crippen molar-refractivity contribution in [2.45, 2.75) is 56.3 Å². The Balaban J connectivity index is 1.28. The fourth-order valence-electron chi connectivity index (χ4n) is 5.88. The van der Waals surface area contributed by atoms with Crippen LogP contribution in [0.15, 0.2) is 67.0 Å². The van der Waals surface area contributed by atoms with Crippen molar-refractivity contribution in [3.8, 4) is 11.1 Å². The van der Waals surface area contributed by atoms with Crippen molar-refractivity contribution in [3.63, 3.8) is 0 Å². The van der Waals surface area contributed by atoms with Crippen LogP contribution in [0.3, 0.4) is 0 Å². The summed E-state index contributed by atoms with van der Waals surface area (Å²) in [5.41, 5.74) is -2.71. The number of likely N-dealkylation sites (tertiary alicyclic amines) is 1. The highest BCUT2D eigenvalue weighted by Gasteiger charge is 2.71. The molecule has 3 aromatic rings. The molecule has 2 aliphatic rings. The lowest BCUT2D eigenvalue weighted by Crippen LogP contribution is -2.55. The number of amides is 1. The summed E-state index contributed by atoms with van der Waals surface area (Å²) in [5.74, 6) is 0.0182. The first-order chi connectivity index (χ1) is 18.8. The second-order valence-electron chi connectivity index (χ2n) is 10.5. The summed E-state index contributed by atoms with van der Waals surface area (Å²) >= 11 is 0. The van der Waals surface area contributed by atoms with E-state index in [1.807, 2.05) is 24.0 Å². The zero-order valence-electron chi connectivity index (χ0n) is 21.5. The molecule has 2 aliphatic heterocycles. The predicted octanol–water partition coefficient (Wildman–Crippen LogP) is 5.86. The number of rotatable bonds is 5. The fraction of sp³-hybridized carbons (Fsp3) is 0.379. The summed E-state index contributed by atoms with van der Waals surface area (Å²) in [6.07, 6.45) is -6.77. The van der Waals surface area contributed by atoms with Crippen LogP contribution >= 0.6 is 0 Å². The van der Waals surface area contributed by atoms with Crippen LogP contribution in [0.4, 0.5) is 26.3 Å². The van der Waals surface area contributed by atoms with Crippen LogP contribution in [0.1, 0.15) is 39.9 Å². The van der Waals surface area contributed by atoms with Gasteiger partial charge >= 0.3 is 12.4 Å². The molecule has 0 saturated carbocycles. The van der Waals surface area contributed by atoms with Crippen molar-refractivity contribution in [1.82, 2.24) is 14.8 Å². The maximum atomic E-state index is 13.2. The van der Waals surface area contributed by atoms with Crippen molar-refractivity contribution >= 4 is 5.91 Å². The molecule has 40 heavy (non-hydrogen) atoms. The number of pyridine rings is 1. The molecule has 2 saturated heterocycles. The number of halogens is 6. The number of carbonyl (C=O) groups is 1. The van der Waals surface area contributed by atoms with Crippen LogP contribution < -0.4 is 0 Å². The third-order valence-electron chi connectivity index (χ3n) is 7.85. The van der Waals surface area contributed by atoms with Gasteiger partial charge in [-0.05, 0) is 54.2 Å². The minimum Gasteiger partial charge on any atom is -0.369 e. The number of piperazine rings is 1. The van der Waals surface area contributed by atoms with Crippen LogP contribution in [-0.2, 0) is 12.1 Å². The molecule has 5 nitrogen and oxygen atoms in total. The Kier molecular flexibility index (Phi) is 7.16. The maximum absolute atomic E-state index is 13.2. The van der Waals surface area contributed by atoms with Gasteiger partial charge in [-0.1, -0.05) is 42.5 Å². The van der Waals surface area contributed by atoms with E-state index in [1.54, 1.807) is 30.6 Å². The van der Waals surface area contributed by atoms with Crippen LogP contribution in [0, 0.1) is 6.92 Å². The number of aliphatic hydroxyl groups is 1. The van der Waals surface area contributed by atoms with Gasteiger partial charge in [0.2, 0.25) is 0 Å². The van der Waals surface area contributed by atoms with Crippen LogP contribution in [-0.4, -0.2) is 63.3 Å². The van der Waals surface area contributed by atoms with Gasteiger partial charge in [-0.2, -0.15) is 26.3 Å². The highest BCUT2D eigenvalue weighted by atomic mass is 19.4. The lowest BCUT2D eigenvalue weighted by molar-refractivity contribution is -0.376. The highest BCUT2D eigenvalue weighted by Crippen LogP contribution is 2.50. The molecule has 2 fully saturated rings. The van der Waals surface area contributed by atoms with E-state index in [0.717, 1.165) is 49.2 Å². The summed E-state index contributed by atoms with van der Waals surface area (Å²) in [6, 6.07) is 12.9. The average Bonchev–Trinajstić information content (AvgIpc) is 3.17. The second-order valence-corrected chi connectivity index (χ2v) is 10.5. The quantitative estimate of drug-likeness (QED) is 0.396. The largest absolute Gasteiger partial charge is 0.430 e. The molecule has 1 aromatic heterocycles. The molecule has 2 atom stereocenters. The van der Waals surface area contributed by atoms with Crippen molar-refractivity contribution in [2.75, 3.05) is 13.1 Å². The van der Waals surface area contributed by atoms with Gasteiger partial charge in [0.1, 0.15) is 0 Å². The SMILES string of the molecule is Cc1cc(CN2CC3CCC(C2)N3C(=O)c2ccncc2)ccc1-c1ccc(C(O)(C(F)(F)F)C(F)(F)F)cc1. The van der Waals surface area contributed by atoms with Gasteiger partial charge in [-0.25, -0.2) is 0 Å². The summed E-state index contributed by atoms with van der Waals surface area (Å²) in [7, 11) is 0. The Morgan fingerprint density at radius 3 is 2.00 bits per heavy atom. The molecule has 1 amide bonds. The lowest BCUT2D eigenvalue weighted by Gasteiger charge is -2.41. The molecular formula is C29H27F6N3O2. The van der Waals surface area contributed by atoms with Gasteiger partial charge in [-0.15, -0.1) is 0 Å². The number of aryl methyl sites for hydroxylation is 1. The number of aromatic nitrogens is 1. The molecule has 212 valence electrons. The van der Waals surface area contributed by atoms with Crippen molar-refractivity contribution in [2.24, 2.45) is 0 Å². The van der Waals surface area contributed by atoms with Crippen molar-refractivity contribution in [1.29, 1.82) is 0 Å². The molecule has 0 radical (unpaired) electrons. The normalized spacial score (nSPS) is 20.1. The summed E-state index contributed by atoms with van der Waals surface area (Å²) in [5, 5.41) is 9.63. The monoisotopic (exact) mass is 563 g/mol. The van der Waals surface area contributed by atoms with E-state index >= 15 is 0 Å². The summed E-state index contributed by atoms with van der Waals surface area (Å²) in [4.78, 5) is 21.3. The molecule has 0 aliphatic carbocycles. The minimum atomic E-state index is -5.93. The van der Waals surface area contributed by atoms with E-state index < -0.39 is 23.5 Å². The highest BCUT2D eigenvalue weighted by molar-refractivity contribution is 5.94. The number of fused-ring (bicyclic) bond motifs is 2. The first-order valence-electron chi connectivity index (χ1n) is 12.8. The predicted molar refractivity (Wildman–Crippen MR) is 135 cm³/mol. The average molecular weight is 564 g/mol. The van der Waals surface area contributed by atoms with Gasteiger partial charge in [-0.3, -0.25) is 14.7 Å². The Bertz CT molecular complexity index is 1350. The summed E-state index contributed by atoms with van der Waals surface area (Å²) in [6.45, 7) is 3.94. The number of alkyl halides is 6. The number of hydrogen-bond donors (Lipinski definition) is 1. The Morgan fingerprint density at radius 2 is 1.48 bits per heavy atom. The number of carbonyl (C=O) groups excluding carboxylic acids is 1. The molecule has 3 heterocycles. The molecule has 1 N–H and O–H groups in total. The van der Waals surface area contributed by atoms with Gasteiger partial charge in [0.05, 0.1) is 0 Å². The third kappa shape index (κ3) is 4.96. The Hall–Kier alpha value is -3.44. The fourth-order valence-corrected chi connectivity index (χ4v) is 5.88. The first-order valence-corrected chi connectivity index (χ1v) is 12.8. The van der Waals surface area contributed by atoms with E-state index in [-0.39, 0.29) is 18.0 Å². The van der Waals surface area contributed by atoms with Crippen LogP contribution in [0.25, 0.3) is 11.1 Å². The zero-order chi connectivity index (χ0) is 28.9. The summed E-state index contributed by atoms with van der Waals surface area (Å²) < 4.78 is 79.2. The minimum absolute atomic E-state index is 0.0182. The van der Waals surface area contributed by atoms with Gasteiger partial charge in [0, 0.05) is 55.2 Å². The number of benzene rings is 2. The van der Waals surface area contributed by atoms with E-state index in [9.17, 15) is 36.2 Å². The van der Waals surface area contributed by atoms with Crippen LogP contribution in [0.2, 0.25) is 0 Å². The first kappa shape index (κ1) is 28.1. The molecule has 2 aromatic carbocycles. The van der Waals surface area contributed by atoms with E-state index in [1.165, 1.54) is 0 Å². The van der Waals surface area contributed by atoms with Gasteiger partial charge in [0.15, 0.2) is 0 Å². The van der Waals surface area contributed by atoms with Crippen molar-refractivity contribution < 1.29 is 36.2 Å². The number of hydrogen-bond acceptors (Lipinski definition) is 4. The Morgan fingerprint density at radius 1 is 0.900 bits per heavy atom. The van der Waals surface area contributed by atoms with E-state index in [4.69, 9.17) is 0 Å². The van der Waals surface area contributed by atoms with E-state index in [2.05, 4.69) is 9.88 Å². The standard InChI is InChI=1S/C29H27F6N3O2/c1-18-14-19(15-37-16-23-7-8-24(17-37)38(23)26(39)21-10-12-36-13-11-21)2-9-25(18)20-3-5-22(6-4-20)27(40,28(30,31)32)29(33,34)35/h2-6,9-14,23-24,40H,7-8,15-17H2,1H3. The zero-order valence-corrected chi connectivity index (χ0v) is 21.5. The van der Waals surface area contributed by atoms with Crippen molar-refractivity contribution in [3.05, 3.63) is 89.2 Å². The van der Waals surface area contributed by atoms with Gasteiger partial charge in [0.25, 0.3) is 11.5 Å². The number of nitrogens with zero attached hydrogens (tertiary/aromatic N) is 3.